The van der Waals surface area contributed by atoms with Crippen molar-refractivity contribution < 1.29 is 24.2 Å². The first-order valence-electron chi connectivity index (χ1n) is 12.6. The number of hydrogen-bond donors (Lipinski definition) is 3. The zero-order valence-corrected chi connectivity index (χ0v) is 20.2. The Labute approximate surface area is 206 Å². The summed E-state index contributed by atoms with van der Waals surface area (Å²) in [5.41, 5.74) is 4.61. The lowest BCUT2D eigenvalue weighted by Crippen LogP contribution is -2.47. The molecule has 0 radical (unpaired) electrons. The molecule has 0 bridgehead atoms. The molecule has 7 heteroatoms. The van der Waals surface area contributed by atoms with Crippen LogP contribution in [0.5, 0.6) is 0 Å². The van der Waals surface area contributed by atoms with Gasteiger partial charge in [0.15, 0.2) is 0 Å². The maximum atomic E-state index is 12.8. The number of carbonyl (C=O) groups is 3. The number of carboxylic acids is 1. The van der Waals surface area contributed by atoms with E-state index in [0.717, 1.165) is 47.9 Å². The van der Waals surface area contributed by atoms with Crippen LogP contribution in [0.1, 0.15) is 68.9 Å². The molecule has 1 fully saturated rings. The fraction of sp³-hybridized carbons (Fsp3) is 0.464. The molecule has 35 heavy (non-hydrogen) atoms. The quantitative estimate of drug-likeness (QED) is 0.453. The van der Waals surface area contributed by atoms with Gasteiger partial charge in [0, 0.05) is 18.4 Å². The first-order chi connectivity index (χ1) is 17.0. The summed E-state index contributed by atoms with van der Waals surface area (Å²) in [4.78, 5) is 36.9. The number of carboxylic acid groups (broad SMARTS) is 1. The van der Waals surface area contributed by atoms with Crippen molar-refractivity contribution in [3.63, 3.8) is 0 Å². The van der Waals surface area contributed by atoms with Gasteiger partial charge >= 0.3 is 12.1 Å². The van der Waals surface area contributed by atoms with E-state index in [1.807, 2.05) is 31.2 Å². The number of benzene rings is 2. The van der Waals surface area contributed by atoms with Crippen molar-refractivity contribution in [3.8, 4) is 11.1 Å². The molecule has 2 aromatic rings. The van der Waals surface area contributed by atoms with E-state index in [0.29, 0.717) is 12.8 Å². The first-order valence-corrected chi connectivity index (χ1v) is 12.6. The van der Waals surface area contributed by atoms with Crippen LogP contribution in [-0.2, 0) is 14.3 Å². The van der Waals surface area contributed by atoms with Crippen LogP contribution in [0.25, 0.3) is 11.1 Å². The lowest BCUT2D eigenvalue weighted by atomic mass is 9.95. The van der Waals surface area contributed by atoms with E-state index in [1.165, 1.54) is 0 Å². The van der Waals surface area contributed by atoms with Crippen molar-refractivity contribution in [1.82, 2.24) is 10.6 Å². The van der Waals surface area contributed by atoms with Gasteiger partial charge in [-0.25, -0.2) is 9.59 Å². The highest BCUT2D eigenvalue weighted by atomic mass is 16.5. The standard InChI is InChI=1S/C28H34N2O5/c1-2-9-24(27(32)33)29-26(31)16-25(18-10-3-4-11-18)30-28(34)35-17-23-21-14-7-5-12-19(21)20-13-6-8-15-22(20)23/h5-8,12-15,18,23-25H,2-4,9-11,16-17H2,1H3,(H,29,31)(H,30,34)(H,32,33). The summed E-state index contributed by atoms with van der Waals surface area (Å²) in [6, 6.07) is 15.0. The molecule has 0 aromatic heterocycles. The van der Waals surface area contributed by atoms with Crippen molar-refractivity contribution in [2.24, 2.45) is 5.92 Å². The van der Waals surface area contributed by atoms with Crippen LogP contribution < -0.4 is 10.6 Å². The minimum absolute atomic E-state index is 0.0354. The van der Waals surface area contributed by atoms with Gasteiger partial charge in [0.2, 0.25) is 5.91 Å². The Morgan fingerprint density at radius 1 is 0.971 bits per heavy atom. The van der Waals surface area contributed by atoms with Crippen LogP contribution in [0.15, 0.2) is 48.5 Å². The van der Waals surface area contributed by atoms with Gasteiger partial charge in [0.1, 0.15) is 12.6 Å². The molecule has 7 nitrogen and oxygen atoms in total. The fourth-order valence-corrected chi connectivity index (χ4v) is 5.49. The SMILES string of the molecule is CCCC(NC(=O)CC(NC(=O)OCC1c2ccccc2-c2ccccc21)C1CCCC1)C(=O)O. The summed E-state index contributed by atoms with van der Waals surface area (Å²) in [5.74, 6) is -1.26. The zero-order valence-electron chi connectivity index (χ0n) is 20.2. The molecule has 2 atom stereocenters. The van der Waals surface area contributed by atoms with Gasteiger partial charge in [-0.1, -0.05) is 74.7 Å². The number of nitrogens with one attached hydrogen (secondary N) is 2. The molecule has 0 heterocycles. The second-order valence-corrected chi connectivity index (χ2v) is 9.57. The van der Waals surface area contributed by atoms with Crippen LogP contribution in [0.3, 0.4) is 0 Å². The van der Waals surface area contributed by atoms with Crippen molar-refractivity contribution in [3.05, 3.63) is 59.7 Å². The number of fused-ring (bicyclic) bond motifs is 3. The third kappa shape index (κ3) is 5.84. The second-order valence-electron chi connectivity index (χ2n) is 9.57. The van der Waals surface area contributed by atoms with E-state index in [1.54, 1.807) is 0 Å². The first kappa shape index (κ1) is 24.8. The van der Waals surface area contributed by atoms with Crippen LogP contribution in [0.2, 0.25) is 0 Å². The third-order valence-electron chi connectivity index (χ3n) is 7.23. The van der Waals surface area contributed by atoms with Crippen LogP contribution in [0, 0.1) is 5.92 Å². The normalized spacial score (nSPS) is 16.7. The molecule has 0 spiro atoms. The molecule has 2 aromatic carbocycles. The number of rotatable bonds is 10. The Balaban J connectivity index is 1.39. The van der Waals surface area contributed by atoms with E-state index < -0.39 is 18.1 Å². The highest BCUT2D eigenvalue weighted by Crippen LogP contribution is 2.44. The smallest absolute Gasteiger partial charge is 0.407 e. The predicted molar refractivity (Wildman–Crippen MR) is 133 cm³/mol. The molecule has 0 aliphatic heterocycles. The Kier molecular flexibility index (Phi) is 8.06. The highest BCUT2D eigenvalue weighted by Gasteiger charge is 2.32. The highest BCUT2D eigenvalue weighted by molar-refractivity contribution is 5.84. The molecule has 2 aliphatic carbocycles. The molecule has 2 aliphatic rings. The van der Waals surface area contributed by atoms with E-state index in [4.69, 9.17) is 4.74 Å². The molecular weight excluding hydrogens is 444 g/mol. The molecule has 2 unspecified atom stereocenters. The van der Waals surface area contributed by atoms with E-state index in [2.05, 4.69) is 34.9 Å². The lowest BCUT2D eigenvalue weighted by molar-refractivity contribution is -0.142. The van der Waals surface area contributed by atoms with E-state index in [-0.39, 0.29) is 36.8 Å². The largest absolute Gasteiger partial charge is 0.480 e. The van der Waals surface area contributed by atoms with Gasteiger partial charge in [0.25, 0.3) is 0 Å². The number of alkyl carbamates (subject to hydrolysis) is 1. The third-order valence-corrected chi connectivity index (χ3v) is 7.23. The van der Waals surface area contributed by atoms with E-state index in [9.17, 15) is 19.5 Å². The Morgan fingerprint density at radius 3 is 2.14 bits per heavy atom. The molecule has 2 amide bonds. The van der Waals surface area contributed by atoms with Gasteiger partial charge in [0.05, 0.1) is 0 Å². The van der Waals surface area contributed by atoms with Crippen LogP contribution in [-0.4, -0.2) is 41.8 Å². The number of hydrogen-bond acceptors (Lipinski definition) is 4. The Bertz CT molecular complexity index is 1020. The topological polar surface area (TPSA) is 105 Å². The number of amides is 2. The predicted octanol–water partition coefficient (Wildman–Crippen LogP) is 4.84. The summed E-state index contributed by atoms with van der Waals surface area (Å²) in [6.45, 7) is 2.09. The Hall–Kier alpha value is -3.35. The minimum Gasteiger partial charge on any atom is -0.480 e. The summed E-state index contributed by atoms with van der Waals surface area (Å²) < 4.78 is 5.69. The summed E-state index contributed by atoms with van der Waals surface area (Å²) in [7, 11) is 0. The number of ether oxygens (including phenoxy) is 1. The monoisotopic (exact) mass is 478 g/mol. The molecule has 186 valence electrons. The maximum absolute atomic E-state index is 12.8. The molecule has 4 rings (SSSR count). The van der Waals surface area contributed by atoms with Crippen LogP contribution in [0.4, 0.5) is 4.79 Å². The number of carbonyl (C=O) groups excluding carboxylic acids is 2. The minimum atomic E-state index is -1.04. The average molecular weight is 479 g/mol. The van der Waals surface area contributed by atoms with E-state index >= 15 is 0 Å². The van der Waals surface area contributed by atoms with Crippen molar-refractivity contribution in [1.29, 1.82) is 0 Å². The summed E-state index contributed by atoms with van der Waals surface area (Å²) >= 11 is 0. The second kappa shape index (κ2) is 11.4. The van der Waals surface area contributed by atoms with Crippen LogP contribution >= 0.6 is 0 Å². The molecule has 1 saturated carbocycles. The van der Waals surface area contributed by atoms with Gasteiger partial charge in [-0.05, 0) is 47.4 Å². The van der Waals surface area contributed by atoms with Crippen molar-refractivity contribution in [2.45, 2.75) is 69.9 Å². The van der Waals surface area contributed by atoms with Gasteiger partial charge < -0.3 is 20.5 Å². The van der Waals surface area contributed by atoms with Gasteiger partial charge in [-0.15, -0.1) is 0 Å². The lowest BCUT2D eigenvalue weighted by Gasteiger charge is -2.25. The van der Waals surface area contributed by atoms with Gasteiger partial charge in [-0.3, -0.25) is 4.79 Å². The van der Waals surface area contributed by atoms with Gasteiger partial charge in [-0.2, -0.15) is 0 Å². The van der Waals surface area contributed by atoms with Crippen molar-refractivity contribution in [2.75, 3.05) is 6.61 Å². The molecular formula is C28H34N2O5. The number of aliphatic carboxylic acids is 1. The summed E-state index contributed by atoms with van der Waals surface area (Å²) in [5, 5.41) is 14.9. The van der Waals surface area contributed by atoms with Crippen molar-refractivity contribution >= 4 is 18.0 Å². The zero-order chi connectivity index (χ0) is 24.8. The molecule has 0 saturated heterocycles. The fourth-order valence-electron chi connectivity index (χ4n) is 5.49. The maximum Gasteiger partial charge on any atom is 0.407 e. The average Bonchev–Trinajstić information content (AvgIpc) is 3.49. The Morgan fingerprint density at radius 2 is 1.57 bits per heavy atom. The molecule has 3 N–H and O–H groups in total. The summed E-state index contributed by atoms with van der Waals surface area (Å²) in [6.07, 6.45) is 4.50.